The summed E-state index contributed by atoms with van der Waals surface area (Å²) in [7, 11) is 0. The smallest absolute Gasteiger partial charge is 0.140 e. The third-order valence-corrected chi connectivity index (χ3v) is 4.18. The van der Waals surface area contributed by atoms with E-state index in [1.54, 1.807) is 6.20 Å². The number of pyridine rings is 1. The highest BCUT2D eigenvalue weighted by Gasteiger charge is 2.41. The Bertz CT molecular complexity index is 390. The molecule has 0 unspecified atom stereocenters. The van der Waals surface area contributed by atoms with Crippen LogP contribution in [0.5, 0.6) is 0 Å². The van der Waals surface area contributed by atoms with E-state index in [9.17, 15) is 0 Å². The average molecular weight is 302 g/mol. The van der Waals surface area contributed by atoms with E-state index in [-0.39, 0.29) is 0 Å². The van der Waals surface area contributed by atoms with E-state index in [0.717, 1.165) is 22.1 Å². The minimum Gasteiger partial charge on any atom is -0.366 e. The van der Waals surface area contributed by atoms with Crippen molar-refractivity contribution in [2.45, 2.75) is 31.7 Å². The van der Waals surface area contributed by atoms with Crippen LogP contribution in [0.15, 0.2) is 16.7 Å². The molecule has 2 saturated carbocycles. The topological polar surface area (TPSA) is 24.9 Å². The molecule has 1 aromatic rings. The highest BCUT2D eigenvalue weighted by Crippen LogP contribution is 2.46. The van der Waals surface area contributed by atoms with Crippen LogP contribution >= 0.6 is 27.5 Å². The number of rotatable bonds is 4. The first-order chi connectivity index (χ1) is 7.74. The van der Waals surface area contributed by atoms with Crippen LogP contribution in [0.25, 0.3) is 0 Å². The van der Waals surface area contributed by atoms with Gasteiger partial charge in [0, 0.05) is 12.2 Å². The highest BCUT2D eigenvalue weighted by atomic mass is 79.9. The van der Waals surface area contributed by atoms with Crippen molar-refractivity contribution in [1.29, 1.82) is 0 Å². The molecule has 2 nitrogen and oxygen atoms in total. The lowest BCUT2D eigenvalue weighted by Gasteiger charge is -2.19. The summed E-state index contributed by atoms with van der Waals surface area (Å²) >= 11 is 9.39. The first-order valence-corrected chi connectivity index (χ1v) is 6.99. The molecule has 0 aliphatic heterocycles. The Morgan fingerprint density at radius 3 is 2.44 bits per heavy atom. The number of hydrogen-bond donors (Lipinski definition) is 1. The minimum absolute atomic E-state index is 0.630. The van der Waals surface area contributed by atoms with E-state index < -0.39 is 0 Å². The van der Waals surface area contributed by atoms with Gasteiger partial charge in [-0.2, -0.15) is 0 Å². The summed E-state index contributed by atoms with van der Waals surface area (Å²) in [6, 6.07) is 2.53. The molecular weight excluding hydrogens is 288 g/mol. The Hall–Kier alpha value is -0.280. The van der Waals surface area contributed by atoms with Crippen LogP contribution in [0.4, 0.5) is 5.82 Å². The highest BCUT2D eigenvalue weighted by molar-refractivity contribution is 9.10. The number of nitrogens with zero attached hydrogens (tertiary/aromatic N) is 1. The third-order valence-electron chi connectivity index (χ3n) is 3.37. The zero-order valence-electron chi connectivity index (χ0n) is 8.92. The molecule has 16 heavy (non-hydrogen) atoms. The van der Waals surface area contributed by atoms with Crippen LogP contribution in [0.2, 0.25) is 5.02 Å². The van der Waals surface area contributed by atoms with Gasteiger partial charge in [0.05, 0.1) is 9.50 Å². The Labute approximate surface area is 109 Å². The molecule has 3 rings (SSSR count). The maximum absolute atomic E-state index is 5.88. The summed E-state index contributed by atoms with van der Waals surface area (Å²) in [5, 5.41) is 4.25. The summed E-state index contributed by atoms with van der Waals surface area (Å²) < 4.78 is 0.964. The van der Waals surface area contributed by atoms with Gasteiger partial charge < -0.3 is 5.32 Å². The van der Waals surface area contributed by atoms with E-state index in [1.165, 1.54) is 25.7 Å². The fourth-order valence-corrected chi connectivity index (χ4v) is 2.96. The molecule has 1 N–H and O–H groups in total. The van der Waals surface area contributed by atoms with Crippen LogP contribution in [0, 0.1) is 11.8 Å². The Kier molecular flexibility index (Phi) is 2.84. The molecule has 0 radical (unpaired) electrons. The van der Waals surface area contributed by atoms with Gasteiger partial charge in [-0.15, -0.1) is 0 Å². The normalized spacial score (nSPS) is 20.2. The maximum Gasteiger partial charge on any atom is 0.140 e. The van der Waals surface area contributed by atoms with Crippen LogP contribution in [0.1, 0.15) is 25.7 Å². The van der Waals surface area contributed by atoms with Crippen molar-refractivity contribution in [1.82, 2.24) is 4.98 Å². The lowest BCUT2D eigenvalue weighted by atomic mass is 10.1. The van der Waals surface area contributed by atoms with Crippen LogP contribution in [0.3, 0.4) is 0 Å². The van der Waals surface area contributed by atoms with E-state index in [0.29, 0.717) is 11.1 Å². The minimum atomic E-state index is 0.630. The zero-order valence-corrected chi connectivity index (χ0v) is 11.3. The van der Waals surface area contributed by atoms with Crippen LogP contribution in [-0.4, -0.2) is 11.0 Å². The van der Waals surface area contributed by atoms with Gasteiger partial charge in [0.1, 0.15) is 5.82 Å². The van der Waals surface area contributed by atoms with Crippen LogP contribution in [-0.2, 0) is 0 Å². The molecule has 0 amide bonds. The van der Waals surface area contributed by atoms with Gasteiger partial charge >= 0.3 is 0 Å². The lowest BCUT2D eigenvalue weighted by Crippen LogP contribution is -2.24. The summed E-state index contributed by atoms with van der Waals surface area (Å²) in [5.74, 6) is 2.68. The van der Waals surface area contributed by atoms with Gasteiger partial charge in [0.2, 0.25) is 0 Å². The lowest BCUT2D eigenvalue weighted by molar-refractivity contribution is 0.565. The Morgan fingerprint density at radius 2 is 1.94 bits per heavy atom. The van der Waals surface area contributed by atoms with E-state index in [4.69, 9.17) is 11.6 Å². The Balaban J connectivity index is 1.76. The van der Waals surface area contributed by atoms with Crippen molar-refractivity contribution in [2.24, 2.45) is 11.8 Å². The molecule has 2 fully saturated rings. The molecule has 2 aliphatic rings. The van der Waals surface area contributed by atoms with Crippen molar-refractivity contribution in [3.63, 3.8) is 0 Å². The quantitative estimate of drug-likeness (QED) is 0.905. The summed E-state index contributed by atoms with van der Waals surface area (Å²) in [6.45, 7) is 0. The molecule has 2 aliphatic carbocycles. The number of hydrogen-bond acceptors (Lipinski definition) is 2. The molecule has 0 bridgehead atoms. The summed E-state index contributed by atoms with van der Waals surface area (Å²) in [5.41, 5.74) is 0. The predicted molar refractivity (Wildman–Crippen MR) is 69.8 cm³/mol. The van der Waals surface area contributed by atoms with Gasteiger partial charge in [-0.3, -0.25) is 0 Å². The van der Waals surface area contributed by atoms with Crippen molar-refractivity contribution in [3.05, 3.63) is 21.8 Å². The second-order valence-corrected chi connectivity index (χ2v) is 6.12. The fraction of sp³-hybridized carbons (Fsp3) is 0.583. The van der Waals surface area contributed by atoms with E-state index >= 15 is 0 Å². The van der Waals surface area contributed by atoms with Crippen molar-refractivity contribution in [3.8, 4) is 0 Å². The molecular formula is C12H14BrClN2. The molecule has 1 heterocycles. The van der Waals surface area contributed by atoms with Crippen molar-refractivity contribution >= 4 is 33.3 Å². The number of aromatic nitrogens is 1. The molecule has 0 saturated heterocycles. The zero-order chi connectivity index (χ0) is 11.1. The van der Waals surface area contributed by atoms with Gasteiger partial charge in [-0.05, 0) is 59.5 Å². The SMILES string of the molecule is Clc1cnc(NC(C2CC2)C2CC2)c(Br)c1. The fourth-order valence-electron chi connectivity index (χ4n) is 2.21. The first kappa shape index (κ1) is 10.8. The molecule has 0 spiro atoms. The van der Waals surface area contributed by atoms with E-state index in [2.05, 4.69) is 26.2 Å². The largest absolute Gasteiger partial charge is 0.366 e. The van der Waals surface area contributed by atoms with E-state index in [1.807, 2.05) is 6.07 Å². The predicted octanol–water partition coefficient (Wildman–Crippen LogP) is 4.10. The molecule has 86 valence electrons. The van der Waals surface area contributed by atoms with Gasteiger partial charge in [-0.1, -0.05) is 11.6 Å². The number of anilines is 1. The molecule has 0 atom stereocenters. The second-order valence-electron chi connectivity index (χ2n) is 4.83. The van der Waals surface area contributed by atoms with Crippen molar-refractivity contribution < 1.29 is 0 Å². The molecule has 0 aromatic carbocycles. The van der Waals surface area contributed by atoms with Crippen LogP contribution < -0.4 is 5.32 Å². The summed E-state index contributed by atoms with van der Waals surface area (Å²) in [4.78, 5) is 4.35. The van der Waals surface area contributed by atoms with Gasteiger partial charge in [-0.25, -0.2) is 4.98 Å². The number of halogens is 2. The number of nitrogens with one attached hydrogen (secondary N) is 1. The summed E-state index contributed by atoms with van der Waals surface area (Å²) in [6.07, 6.45) is 7.20. The average Bonchev–Trinajstić information content (AvgIpc) is 3.11. The maximum atomic E-state index is 5.88. The third kappa shape index (κ3) is 2.35. The molecule has 4 heteroatoms. The Morgan fingerprint density at radius 1 is 1.31 bits per heavy atom. The van der Waals surface area contributed by atoms with Gasteiger partial charge in [0.25, 0.3) is 0 Å². The van der Waals surface area contributed by atoms with Gasteiger partial charge in [0.15, 0.2) is 0 Å². The van der Waals surface area contributed by atoms with Crippen molar-refractivity contribution in [2.75, 3.05) is 5.32 Å². The monoisotopic (exact) mass is 300 g/mol. The molecule has 1 aromatic heterocycles. The standard InChI is InChI=1S/C12H14BrClN2/c13-10-5-9(14)6-15-12(10)16-11(7-1-2-7)8-3-4-8/h5-8,11H,1-4H2,(H,15,16). The second kappa shape index (κ2) is 4.19. The first-order valence-electron chi connectivity index (χ1n) is 5.81.